The fourth-order valence-electron chi connectivity index (χ4n) is 2.43. The Bertz CT molecular complexity index is 923. The van der Waals surface area contributed by atoms with Crippen LogP contribution in [0.25, 0.3) is 0 Å². The number of aromatic nitrogens is 1. The number of nitrogens with one attached hydrogen (secondary N) is 1. The van der Waals surface area contributed by atoms with Gasteiger partial charge < -0.3 is 14.8 Å². The number of rotatable bonds is 8. The second kappa shape index (κ2) is 9.57. The molecule has 3 rings (SSSR count). The molecule has 28 heavy (non-hydrogen) atoms. The van der Waals surface area contributed by atoms with Crippen LogP contribution in [0.15, 0.2) is 52.2 Å². The summed E-state index contributed by atoms with van der Waals surface area (Å²) < 4.78 is 24.4. The minimum absolute atomic E-state index is 0.168. The van der Waals surface area contributed by atoms with E-state index in [1.54, 1.807) is 26.0 Å². The first-order chi connectivity index (χ1) is 13.6. The van der Waals surface area contributed by atoms with Gasteiger partial charge in [0.2, 0.25) is 5.91 Å². The molecule has 0 aliphatic carbocycles. The van der Waals surface area contributed by atoms with Crippen molar-refractivity contribution in [2.75, 3.05) is 19.5 Å². The molecule has 0 unspecified atom stereocenters. The smallest absolute Gasteiger partial charge is 0.230 e. The summed E-state index contributed by atoms with van der Waals surface area (Å²) in [6, 6.07) is 11.4. The first-order valence-electron chi connectivity index (χ1n) is 8.40. The van der Waals surface area contributed by atoms with Crippen molar-refractivity contribution in [1.29, 1.82) is 0 Å². The fraction of sp³-hybridized carbons (Fsp3) is 0.200. The zero-order valence-corrected chi connectivity index (χ0v) is 17.0. The van der Waals surface area contributed by atoms with Crippen molar-refractivity contribution < 1.29 is 18.7 Å². The van der Waals surface area contributed by atoms with E-state index in [9.17, 15) is 9.18 Å². The number of thiazole rings is 1. The lowest BCUT2D eigenvalue weighted by Crippen LogP contribution is -2.14. The van der Waals surface area contributed by atoms with Gasteiger partial charge in [-0.25, -0.2) is 9.37 Å². The van der Waals surface area contributed by atoms with Gasteiger partial charge in [0, 0.05) is 22.9 Å². The number of ether oxygens (including phenoxy) is 2. The van der Waals surface area contributed by atoms with Gasteiger partial charge in [-0.05, 0) is 42.0 Å². The van der Waals surface area contributed by atoms with E-state index in [1.165, 1.54) is 35.6 Å². The average molecular weight is 419 g/mol. The predicted molar refractivity (Wildman–Crippen MR) is 110 cm³/mol. The maximum absolute atomic E-state index is 12.9. The highest BCUT2D eigenvalue weighted by atomic mass is 32.2. The van der Waals surface area contributed by atoms with Crippen LogP contribution in [0.3, 0.4) is 0 Å². The number of anilines is 1. The Balaban J connectivity index is 1.55. The molecule has 0 saturated heterocycles. The highest BCUT2D eigenvalue weighted by Gasteiger charge is 2.10. The quantitative estimate of drug-likeness (QED) is 0.534. The summed E-state index contributed by atoms with van der Waals surface area (Å²) in [5.74, 6) is 1.67. The van der Waals surface area contributed by atoms with Gasteiger partial charge in [-0.1, -0.05) is 11.8 Å². The summed E-state index contributed by atoms with van der Waals surface area (Å²) in [6.07, 6.45) is 0.168. The third-order valence-electron chi connectivity index (χ3n) is 3.77. The van der Waals surface area contributed by atoms with Crippen molar-refractivity contribution in [2.45, 2.75) is 16.5 Å². The Morgan fingerprint density at radius 3 is 2.46 bits per heavy atom. The van der Waals surface area contributed by atoms with Crippen LogP contribution in [-0.2, 0) is 17.0 Å². The van der Waals surface area contributed by atoms with E-state index in [1.807, 2.05) is 23.6 Å². The zero-order valence-electron chi connectivity index (χ0n) is 15.4. The molecule has 0 aliphatic heterocycles. The van der Waals surface area contributed by atoms with Crippen molar-refractivity contribution >= 4 is 34.7 Å². The van der Waals surface area contributed by atoms with E-state index in [-0.39, 0.29) is 18.1 Å². The highest BCUT2D eigenvalue weighted by molar-refractivity contribution is 8.00. The predicted octanol–water partition coefficient (Wildman–Crippen LogP) is 4.77. The normalized spacial score (nSPS) is 10.5. The molecule has 0 aliphatic rings. The third kappa shape index (κ3) is 5.71. The molecular weight excluding hydrogens is 399 g/mol. The number of nitrogens with zero attached hydrogens (tertiary/aromatic N) is 1. The molecule has 5 nitrogen and oxygen atoms in total. The molecule has 0 bridgehead atoms. The summed E-state index contributed by atoms with van der Waals surface area (Å²) in [4.78, 5) is 16.6. The van der Waals surface area contributed by atoms with Crippen molar-refractivity contribution in [1.82, 2.24) is 4.98 Å². The third-order valence-corrected chi connectivity index (χ3v) is 5.91. The molecule has 0 spiro atoms. The molecule has 8 heteroatoms. The fourth-order valence-corrected chi connectivity index (χ4v) is 4.21. The Morgan fingerprint density at radius 1 is 1.14 bits per heavy atom. The zero-order chi connectivity index (χ0) is 19.9. The number of hydrogen-bond acceptors (Lipinski definition) is 6. The highest BCUT2D eigenvalue weighted by Crippen LogP contribution is 2.30. The number of carbonyl (C=O) groups is 1. The number of carbonyl (C=O) groups excluding carboxylic acids is 1. The number of thioether (sulfide) groups is 1. The summed E-state index contributed by atoms with van der Waals surface area (Å²) in [6.45, 7) is 0. The molecule has 3 aromatic rings. The van der Waals surface area contributed by atoms with Gasteiger partial charge in [-0.15, -0.1) is 11.3 Å². The van der Waals surface area contributed by atoms with Gasteiger partial charge in [0.1, 0.15) is 21.7 Å². The van der Waals surface area contributed by atoms with Crippen LogP contribution in [0.2, 0.25) is 0 Å². The van der Waals surface area contributed by atoms with Crippen LogP contribution < -0.4 is 14.8 Å². The molecule has 0 radical (unpaired) electrons. The number of hydrogen-bond donors (Lipinski definition) is 1. The van der Waals surface area contributed by atoms with Gasteiger partial charge >= 0.3 is 0 Å². The molecular formula is C20H19FN2O3S2. The summed E-state index contributed by atoms with van der Waals surface area (Å²) >= 11 is 3.09. The van der Waals surface area contributed by atoms with Crippen LogP contribution in [0.5, 0.6) is 11.5 Å². The Kier molecular flexibility index (Phi) is 6.89. The first kappa shape index (κ1) is 20.2. The molecule has 0 fully saturated rings. The Morgan fingerprint density at radius 2 is 1.82 bits per heavy atom. The monoisotopic (exact) mass is 418 g/mol. The van der Waals surface area contributed by atoms with Gasteiger partial charge in [-0.2, -0.15) is 0 Å². The average Bonchev–Trinajstić information content (AvgIpc) is 3.15. The molecule has 2 aromatic carbocycles. The summed E-state index contributed by atoms with van der Waals surface area (Å²) in [5, 5.41) is 4.61. The van der Waals surface area contributed by atoms with Crippen LogP contribution in [0.1, 0.15) is 11.3 Å². The van der Waals surface area contributed by atoms with Crippen molar-refractivity contribution in [3.8, 4) is 11.5 Å². The van der Waals surface area contributed by atoms with Crippen molar-refractivity contribution in [3.05, 3.63) is 64.9 Å². The van der Waals surface area contributed by atoms with E-state index in [2.05, 4.69) is 10.3 Å². The first-order valence-corrected chi connectivity index (χ1v) is 10.3. The molecule has 1 amide bonds. The van der Waals surface area contributed by atoms with E-state index >= 15 is 0 Å². The van der Waals surface area contributed by atoms with Gasteiger partial charge in [0.05, 0.1) is 26.3 Å². The molecule has 146 valence electrons. The topological polar surface area (TPSA) is 60.5 Å². The molecule has 0 saturated carbocycles. The van der Waals surface area contributed by atoms with Gasteiger partial charge in [0.25, 0.3) is 0 Å². The maximum Gasteiger partial charge on any atom is 0.230 e. The van der Waals surface area contributed by atoms with Crippen LogP contribution in [0.4, 0.5) is 10.1 Å². The number of benzene rings is 2. The van der Waals surface area contributed by atoms with E-state index in [4.69, 9.17) is 9.47 Å². The second-order valence-corrected chi connectivity index (χ2v) is 7.93. The van der Waals surface area contributed by atoms with Crippen LogP contribution in [0, 0.1) is 5.82 Å². The minimum atomic E-state index is -0.340. The molecule has 1 heterocycles. The molecule has 0 atom stereocenters. The lowest BCUT2D eigenvalue weighted by atomic mass is 10.2. The number of amides is 1. The lowest BCUT2D eigenvalue weighted by molar-refractivity contribution is -0.115. The minimum Gasteiger partial charge on any atom is -0.497 e. The number of methoxy groups -OCH3 is 2. The molecule has 1 aromatic heterocycles. The molecule has 1 N–H and O–H groups in total. The number of halogens is 1. The second-order valence-electron chi connectivity index (χ2n) is 5.85. The Labute approximate surface area is 170 Å². The van der Waals surface area contributed by atoms with E-state index in [0.29, 0.717) is 17.1 Å². The SMILES string of the molecule is COc1cc(CSc2nc(CC(=O)Nc3ccc(F)cc3)cs2)cc(OC)c1. The van der Waals surface area contributed by atoms with Crippen molar-refractivity contribution in [2.24, 2.45) is 0 Å². The van der Waals surface area contributed by atoms with Crippen LogP contribution in [-0.4, -0.2) is 25.1 Å². The summed E-state index contributed by atoms with van der Waals surface area (Å²) in [5.41, 5.74) is 2.32. The van der Waals surface area contributed by atoms with Gasteiger partial charge in [-0.3, -0.25) is 4.79 Å². The Hall–Kier alpha value is -2.58. The largest absolute Gasteiger partial charge is 0.497 e. The van der Waals surface area contributed by atoms with E-state index in [0.717, 1.165) is 21.4 Å². The summed E-state index contributed by atoms with van der Waals surface area (Å²) in [7, 11) is 3.24. The van der Waals surface area contributed by atoms with Crippen LogP contribution >= 0.6 is 23.1 Å². The lowest BCUT2D eigenvalue weighted by Gasteiger charge is -2.07. The van der Waals surface area contributed by atoms with Gasteiger partial charge in [0.15, 0.2) is 0 Å². The van der Waals surface area contributed by atoms with E-state index < -0.39 is 0 Å². The standard InChI is InChI=1S/C20H19FN2O3S2/c1-25-17-7-13(8-18(10-17)26-2)11-27-20-23-16(12-28-20)9-19(24)22-15-5-3-14(21)4-6-15/h3-8,10,12H,9,11H2,1-2H3,(H,22,24). The van der Waals surface area contributed by atoms with Crippen molar-refractivity contribution in [3.63, 3.8) is 0 Å². The maximum atomic E-state index is 12.9.